The molecule has 2 aliphatic carbocycles. The number of nitrogens with zero attached hydrogens (tertiary/aromatic N) is 2. The molecule has 0 atom stereocenters. The van der Waals surface area contributed by atoms with Crippen LogP contribution in [-0.2, 0) is 6.54 Å². The van der Waals surface area contributed by atoms with Crippen LogP contribution in [-0.4, -0.2) is 9.78 Å². The van der Waals surface area contributed by atoms with Gasteiger partial charge in [-0.1, -0.05) is 19.3 Å². The number of hydrogen-bond donors (Lipinski definition) is 0. The fraction of sp³-hybridized carbons (Fsp3) is 0.769. The van der Waals surface area contributed by atoms with Crippen molar-refractivity contribution in [3.8, 4) is 0 Å². The van der Waals surface area contributed by atoms with E-state index in [-0.39, 0.29) is 0 Å². The molecule has 2 nitrogen and oxygen atoms in total. The summed E-state index contributed by atoms with van der Waals surface area (Å²) in [6.45, 7) is 1.15. The molecule has 16 heavy (non-hydrogen) atoms. The van der Waals surface area contributed by atoms with Crippen LogP contribution in [0, 0.1) is 5.92 Å². The molecular weight excluding hydrogens is 264 g/mol. The second-order valence-electron chi connectivity index (χ2n) is 5.34. The van der Waals surface area contributed by atoms with Crippen molar-refractivity contribution in [1.82, 2.24) is 9.78 Å². The van der Waals surface area contributed by atoms with Crippen molar-refractivity contribution < 1.29 is 0 Å². The maximum absolute atomic E-state index is 4.54. The average Bonchev–Trinajstić information content (AvgIpc) is 3.07. The monoisotopic (exact) mass is 282 g/mol. The van der Waals surface area contributed by atoms with Crippen molar-refractivity contribution >= 4 is 15.9 Å². The van der Waals surface area contributed by atoms with Gasteiger partial charge in [0.2, 0.25) is 0 Å². The highest BCUT2D eigenvalue weighted by atomic mass is 79.9. The highest BCUT2D eigenvalue weighted by Gasteiger charge is 2.30. The minimum atomic E-state index is 0.792. The lowest BCUT2D eigenvalue weighted by Gasteiger charge is -2.22. The fourth-order valence-corrected chi connectivity index (χ4v) is 3.51. The third-order valence-electron chi connectivity index (χ3n) is 3.95. The van der Waals surface area contributed by atoms with Gasteiger partial charge in [0.1, 0.15) is 0 Å². The molecule has 0 radical (unpaired) electrons. The Labute approximate surface area is 106 Å². The maximum atomic E-state index is 4.54. The molecule has 0 aliphatic heterocycles. The predicted octanol–water partition coefficient (Wildman–Crippen LogP) is 4.10. The van der Waals surface area contributed by atoms with E-state index in [1.165, 1.54) is 55.1 Å². The zero-order valence-electron chi connectivity index (χ0n) is 9.66. The SMILES string of the molecule is Brc1cnn(CC2CCCCC2)c1C1CC1. The molecule has 0 saturated heterocycles. The van der Waals surface area contributed by atoms with Crippen LogP contribution in [0.1, 0.15) is 56.6 Å². The Hall–Kier alpha value is -0.310. The van der Waals surface area contributed by atoms with Gasteiger partial charge in [-0.2, -0.15) is 5.10 Å². The Morgan fingerprint density at radius 1 is 1.19 bits per heavy atom. The van der Waals surface area contributed by atoms with Gasteiger partial charge in [0, 0.05) is 12.5 Å². The van der Waals surface area contributed by atoms with Gasteiger partial charge in [0.05, 0.1) is 16.4 Å². The average molecular weight is 283 g/mol. The maximum Gasteiger partial charge on any atom is 0.0635 e. The van der Waals surface area contributed by atoms with Crippen LogP contribution in [0.3, 0.4) is 0 Å². The first-order valence-electron chi connectivity index (χ1n) is 6.56. The van der Waals surface area contributed by atoms with E-state index in [0.717, 1.165) is 18.4 Å². The molecule has 2 fully saturated rings. The van der Waals surface area contributed by atoms with E-state index in [0.29, 0.717) is 0 Å². The summed E-state index contributed by atoms with van der Waals surface area (Å²) in [5.74, 6) is 1.67. The molecule has 3 heteroatoms. The van der Waals surface area contributed by atoms with Crippen LogP contribution in [0.4, 0.5) is 0 Å². The molecule has 0 N–H and O–H groups in total. The van der Waals surface area contributed by atoms with E-state index in [2.05, 4.69) is 25.7 Å². The van der Waals surface area contributed by atoms with Crippen LogP contribution in [0.25, 0.3) is 0 Å². The number of hydrogen-bond acceptors (Lipinski definition) is 1. The molecule has 2 aliphatic rings. The predicted molar refractivity (Wildman–Crippen MR) is 68.5 cm³/mol. The molecule has 0 bridgehead atoms. The summed E-state index contributed by atoms with van der Waals surface area (Å²) in [4.78, 5) is 0. The van der Waals surface area contributed by atoms with Crippen LogP contribution >= 0.6 is 15.9 Å². The molecule has 0 amide bonds. The first-order chi connectivity index (χ1) is 7.84. The molecule has 0 spiro atoms. The van der Waals surface area contributed by atoms with Crippen LogP contribution in [0.5, 0.6) is 0 Å². The Morgan fingerprint density at radius 3 is 2.62 bits per heavy atom. The minimum absolute atomic E-state index is 0.792. The summed E-state index contributed by atoms with van der Waals surface area (Å²) in [5.41, 5.74) is 1.46. The number of rotatable bonds is 3. The van der Waals surface area contributed by atoms with Crippen molar-refractivity contribution in [2.24, 2.45) is 5.92 Å². The lowest BCUT2D eigenvalue weighted by atomic mass is 9.89. The molecule has 2 saturated carbocycles. The van der Waals surface area contributed by atoms with Crippen LogP contribution in [0.2, 0.25) is 0 Å². The highest BCUT2D eigenvalue weighted by molar-refractivity contribution is 9.10. The van der Waals surface area contributed by atoms with Crippen molar-refractivity contribution in [1.29, 1.82) is 0 Å². The fourth-order valence-electron chi connectivity index (χ4n) is 2.89. The van der Waals surface area contributed by atoms with E-state index in [1.54, 1.807) is 0 Å². The molecule has 1 aromatic rings. The summed E-state index contributed by atoms with van der Waals surface area (Å²) >= 11 is 3.64. The standard InChI is InChI=1S/C13H19BrN2/c14-12-8-15-16(13(12)11-6-7-11)9-10-4-2-1-3-5-10/h8,10-11H,1-7,9H2. The Morgan fingerprint density at radius 2 is 1.94 bits per heavy atom. The normalized spacial score (nSPS) is 22.6. The second kappa shape index (κ2) is 4.52. The number of aromatic nitrogens is 2. The topological polar surface area (TPSA) is 17.8 Å². The lowest BCUT2D eigenvalue weighted by molar-refractivity contribution is 0.304. The van der Waals surface area contributed by atoms with Gasteiger partial charge < -0.3 is 0 Å². The molecule has 0 aromatic carbocycles. The zero-order chi connectivity index (χ0) is 11.0. The first kappa shape index (κ1) is 10.8. The minimum Gasteiger partial charge on any atom is -0.268 e. The van der Waals surface area contributed by atoms with E-state index in [9.17, 15) is 0 Å². The highest BCUT2D eigenvalue weighted by Crippen LogP contribution is 2.43. The van der Waals surface area contributed by atoms with Crippen molar-refractivity contribution in [2.75, 3.05) is 0 Å². The summed E-state index contributed by atoms with van der Waals surface area (Å²) in [5, 5.41) is 4.54. The Bertz CT molecular complexity index is 362. The lowest BCUT2D eigenvalue weighted by Crippen LogP contribution is -2.16. The quantitative estimate of drug-likeness (QED) is 0.816. The van der Waals surface area contributed by atoms with E-state index < -0.39 is 0 Å². The Kier molecular flexibility index (Phi) is 3.05. The second-order valence-corrected chi connectivity index (χ2v) is 6.19. The molecule has 0 unspecified atom stereocenters. The zero-order valence-corrected chi connectivity index (χ0v) is 11.2. The summed E-state index contributed by atoms with van der Waals surface area (Å²) in [6.07, 6.45) is 11.8. The van der Waals surface area contributed by atoms with Crippen molar-refractivity contribution in [3.05, 3.63) is 16.4 Å². The third kappa shape index (κ3) is 2.20. The largest absolute Gasteiger partial charge is 0.268 e. The smallest absolute Gasteiger partial charge is 0.0635 e. The van der Waals surface area contributed by atoms with Gasteiger partial charge in [-0.05, 0) is 47.5 Å². The van der Waals surface area contributed by atoms with Crippen molar-refractivity contribution in [2.45, 2.75) is 57.4 Å². The van der Waals surface area contributed by atoms with Gasteiger partial charge in [-0.3, -0.25) is 4.68 Å². The molecule has 1 aromatic heterocycles. The molecule has 3 rings (SSSR count). The van der Waals surface area contributed by atoms with E-state index in [4.69, 9.17) is 0 Å². The third-order valence-corrected chi connectivity index (χ3v) is 4.56. The van der Waals surface area contributed by atoms with E-state index in [1.807, 2.05) is 6.20 Å². The number of halogens is 1. The summed E-state index contributed by atoms with van der Waals surface area (Å²) < 4.78 is 3.50. The van der Waals surface area contributed by atoms with Gasteiger partial charge in [0.15, 0.2) is 0 Å². The first-order valence-corrected chi connectivity index (χ1v) is 7.35. The van der Waals surface area contributed by atoms with Gasteiger partial charge in [-0.25, -0.2) is 0 Å². The summed E-state index contributed by atoms with van der Waals surface area (Å²) in [6, 6.07) is 0. The van der Waals surface area contributed by atoms with Crippen molar-refractivity contribution in [3.63, 3.8) is 0 Å². The van der Waals surface area contributed by atoms with Crippen LogP contribution < -0.4 is 0 Å². The van der Waals surface area contributed by atoms with Gasteiger partial charge in [-0.15, -0.1) is 0 Å². The summed E-state index contributed by atoms with van der Waals surface area (Å²) in [7, 11) is 0. The Balaban J connectivity index is 1.73. The van der Waals surface area contributed by atoms with Gasteiger partial charge >= 0.3 is 0 Å². The van der Waals surface area contributed by atoms with E-state index >= 15 is 0 Å². The van der Waals surface area contributed by atoms with Gasteiger partial charge in [0.25, 0.3) is 0 Å². The molecular formula is C13H19BrN2. The molecule has 1 heterocycles. The molecule has 88 valence electrons. The van der Waals surface area contributed by atoms with Crippen LogP contribution in [0.15, 0.2) is 10.7 Å².